The highest BCUT2D eigenvalue weighted by atomic mass is 31.0. The molecule has 0 aliphatic rings. The van der Waals surface area contributed by atoms with Crippen LogP contribution in [0.1, 0.15) is 87.8 Å². The van der Waals surface area contributed by atoms with E-state index in [1.165, 1.54) is 80.9 Å². The van der Waals surface area contributed by atoms with E-state index < -0.39 is 0 Å². The molecule has 0 aromatic heterocycles. The SMILES string of the molecule is CCCCCCCCCCC[C@@H](P)C(c1ccccc1)(c1ccccc1)c1ccccc1. The topological polar surface area (TPSA) is 0 Å². The molecule has 0 amide bonds. The van der Waals surface area contributed by atoms with Crippen LogP contribution in [0.25, 0.3) is 0 Å². The Morgan fingerprint density at radius 3 is 1.25 bits per heavy atom. The fourth-order valence-electron chi connectivity index (χ4n) is 5.14. The van der Waals surface area contributed by atoms with Gasteiger partial charge in [-0.2, -0.15) is 0 Å². The molecule has 32 heavy (non-hydrogen) atoms. The largest absolute Gasteiger partial charge is 0.133 e. The molecule has 0 bridgehead atoms. The molecule has 0 nitrogen and oxygen atoms in total. The molecule has 0 radical (unpaired) electrons. The van der Waals surface area contributed by atoms with Crippen molar-refractivity contribution in [3.8, 4) is 0 Å². The lowest BCUT2D eigenvalue weighted by atomic mass is 9.66. The number of unbranched alkanes of at least 4 members (excludes halogenated alkanes) is 8. The van der Waals surface area contributed by atoms with Gasteiger partial charge in [0.05, 0.1) is 5.41 Å². The third kappa shape index (κ3) is 6.32. The summed E-state index contributed by atoms with van der Waals surface area (Å²) in [5, 5.41) is 0. The van der Waals surface area contributed by atoms with Crippen LogP contribution in [0.4, 0.5) is 0 Å². The molecule has 0 aliphatic heterocycles. The summed E-state index contributed by atoms with van der Waals surface area (Å²) in [4.78, 5) is 0. The zero-order valence-corrected chi connectivity index (χ0v) is 21.0. The maximum absolute atomic E-state index is 3.25. The second-order valence-electron chi connectivity index (χ2n) is 9.13. The van der Waals surface area contributed by atoms with Crippen LogP contribution in [0.5, 0.6) is 0 Å². The molecule has 0 aliphatic carbocycles. The van der Waals surface area contributed by atoms with Crippen LogP contribution in [-0.4, -0.2) is 5.66 Å². The van der Waals surface area contributed by atoms with Crippen molar-refractivity contribution in [1.29, 1.82) is 0 Å². The fourth-order valence-corrected chi connectivity index (χ4v) is 5.95. The molecule has 0 saturated heterocycles. The van der Waals surface area contributed by atoms with Crippen molar-refractivity contribution in [2.75, 3.05) is 0 Å². The summed E-state index contributed by atoms with van der Waals surface area (Å²) in [6.45, 7) is 2.29. The van der Waals surface area contributed by atoms with Gasteiger partial charge >= 0.3 is 0 Å². The molecule has 0 heterocycles. The number of benzene rings is 3. The summed E-state index contributed by atoms with van der Waals surface area (Å²) >= 11 is 0. The molecule has 0 fully saturated rings. The highest BCUT2D eigenvalue weighted by Gasteiger charge is 2.41. The Morgan fingerprint density at radius 1 is 0.531 bits per heavy atom. The summed E-state index contributed by atoms with van der Waals surface area (Å²) in [7, 11) is 3.25. The first-order valence-electron chi connectivity index (χ1n) is 12.7. The second-order valence-corrected chi connectivity index (χ2v) is 9.93. The first-order chi connectivity index (χ1) is 15.8. The van der Waals surface area contributed by atoms with Crippen molar-refractivity contribution in [3.05, 3.63) is 108 Å². The predicted molar refractivity (Wildman–Crippen MR) is 145 cm³/mol. The van der Waals surface area contributed by atoms with Crippen molar-refractivity contribution in [3.63, 3.8) is 0 Å². The average Bonchev–Trinajstić information content (AvgIpc) is 2.85. The minimum absolute atomic E-state index is 0.158. The predicted octanol–water partition coefficient (Wildman–Crippen LogP) is 9.19. The van der Waals surface area contributed by atoms with Crippen molar-refractivity contribution >= 4 is 9.24 Å². The van der Waals surface area contributed by atoms with Crippen LogP contribution in [0.15, 0.2) is 91.0 Å². The highest BCUT2D eigenvalue weighted by molar-refractivity contribution is 7.17. The average molecular weight is 445 g/mol. The maximum Gasteiger partial charge on any atom is 0.0513 e. The van der Waals surface area contributed by atoms with Gasteiger partial charge in [0.25, 0.3) is 0 Å². The first kappa shape index (κ1) is 24.7. The quantitative estimate of drug-likeness (QED) is 0.132. The third-order valence-electron chi connectivity index (χ3n) is 6.86. The number of hydrogen-bond acceptors (Lipinski definition) is 0. The van der Waals surface area contributed by atoms with E-state index in [0.29, 0.717) is 5.66 Å². The lowest BCUT2D eigenvalue weighted by molar-refractivity contribution is 0.504. The van der Waals surface area contributed by atoms with Crippen LogP contribution in [0.2, 0.25) is 0 Å². The Balaban J connectivity index is 1.77. The molecule has 170 valence electrons. The van der Waals surface area contributed by atoms with E-state index >= 15 is 0 Å². The zero-order chi connectivity index (χ0) is 22.5. The van der Waals surface area contributed by atoms with Crippen molar-refractivity contribution in [2.45, 2.75) is 82.2 Å². The molecule has 3 rings (SSSR count). The van der Waals surface area contributed by atoms with E-state index in [1.54, 1.807) is 0 Å². The number of hydrogen-bond donors (Lipinski definition) is 0. The van der Waals surface area contributed by atoms with E-state index in [9.17, 15) is 0 Å². The van der Waals surface area contributed by atoms with E-state index in [2.05, 4.69) is 107 Å². The monoisotopic (exact) mass is 444 g/mol. The van der Waals surface area contributed by atoms with Gasteiger partial charge in [-0.25, -0.2) is 0 Å². The van der Waals surface area contributed by atoms with Crippen LogP contribution in [0, 0.1) is 0 Å². The summed E-state index contributed by atoms with van der Waals surface area (Å²) in [5.41, 5.74) is 4.42. The Morgan fingerprint density at radius 2 is 0.875 bits per heavy atom. The van der Waals surface area contributed by atoms with Crippen LogP contribution in [0.3, 0.4) is 0 Å². The van der Waals surface area contributed by atoms with Gasteiger partial charge in [-0.05, 0) is 28.8 Å². The Bertz CT molecular complexity index is 760. The van der Waals surface area contributed by atoms with Crippen LogP contribution < -0.4 is 0 Å². The Kier molecular flexibility index (Phi) is 10.5. The Hall–Kier alpha value is -1.91. The summed E-state index contributed by atoms with van der Waals surface area (Å²) in [6.07, 6.45) is 13.6. The van der Waals surface area contributed by atoms with Crippen molar-refractivity contribution < 1.29 is 0 Å². The zero-order valence-electron chi connectivity index (χ0n) is 19.9. The van der Waals surface area contributed by atoms with Gasteiger partial charge in [-0.15, -0.1) is 9.24 Å². The molecule has 0 N–H and O–H groups in total. The van der Waals surface area contributed by atoms with Gasteiger partial charge in [0.15, 0.2) is 0 Å². The van der Waals surface area contributed by atoms with Gasteiger partial charge in [-0.3, -0.25) is 0 Å². The van der Waals surface area contributed by atoms with Gasteiger partial charge in [-0.1, -0.05) is 156 Å². The standard InChI is InChI=1S/C31H41P/c1-2-3-4-5-6-7-8-9-19-26-30(32)31(27-20-13-10-14-21-27,28-22-15-11-16-23-28)29-24-17-12-18-25-29/h10-18,20-25,30H,2-9,19,26,32H2,1H3/t30-/m1/s1. The Labute approximate surface area is 199 Å². The van der Waals surface area contributed by atoms with E-state index in [-0.39, 0.29) is 5.41 Å². The molecular formula is C31H41P. The molecule has 3 aromatic carbocycles. The fraction of sp³-hybridized carbons (Fsp3) is 0.419. The summed E-state index contributed by atoms with van der Waals surface area (Å²) in [5.74, 6) is 0. The minimum Gasteiger partial charge on any atom is -0.133 e. The molecule has 2 atom stereocenters. The van der Waals surface area contributed by atoms with Crippen LogP contribution in [-0.2, 0) is 5.41 Å². The number of rotatable bonds is 14. The molecule has 1 heteroatoms. The normalized spacial score (nSPS) is 12.6. The van der Waals surface area contributed by atoms with E-state index in [1.807, 2.05) is 0 Å². The van der Waals surface area contributed by atoms with Gasteiger partial charge in [0.1, 0.15) is 0 Å². The van der Waals surface area contributed by atoms with E-state index in [4.69, 9.17) is 0 Å². The van der Waals surface area contributed by atoms with E-state index in [0.717, 1.165) is 0 Å². The molecular weight excluding hydrogens is 403 g/mol. The maximum atomic E-state index is 3.25. The highest BCUT2D eigenvalue weighted by Crippen LogP contribution is 2.46. The van der Waals surface area contributed by atoms with Gasteiger partial charge in [0, 0.05) is 0 Å². The summed E-state index contributed by atoms with van der Waals surface area (Å²) < 4.78 is 0. The van der Waals surface area contributed by atoms with Crippen LogP contribution >= 0.6 is 9.24 Å². The minimum atomic E-state index is -0.158. The lowest BCUT2D eigenvalue weighted by Gasteiger charge is -2.41. The first-order valence-corrected chi connectivity index (χ1v) is 13.4. The van der Waals surface area contributed by atoms with Crippen molar-refractivity contribution in [2.24, 2.45) is 0 Å². The second kappa shape index (κ2) is 13.6. The summed E-state index contributed by atoms with van der Waals surface area (Å²) in [6, 6.07) is 33.4. The van der Waals surface area contributed by atoms with Crippen molar-refractivity contribution in [1.82, 2.24) is 0 Å². The lowest BCUT2D eigenvalue weighted by Crippen LogP contribution is -2.38. The van der Waals surface area contributed by atoms with Gasteiger partial charge in [0.2, 0.25) is 0 Å². The molecule has 1 unspecified atom stereocenters. The molecule has 3 aromatic rings. The third-order valence-corrected chi connectivity index (χ3v) is 7.70. The van der Waals surface area contributed by atoms with Gasteiger partial charge < -0.3 is 0 Å². The smallest absolute Gasteiger partial charge is 0.0513 e. The molecule has 0 spiro atoms. The molecule has 0 saturated carbocycles.